The predicted molar refractivity (Wildman–Crippen MR) is 125 cm³/mol. The number of carbonyl (C=O) groups is 6. The molecule has 14 heteroatoms. The highest BCUT2D eigenvalue weighted by molar-refractivity contribution is 5.96. The van der Waals surface area contributed by atoms with E-state index in [1.807, 2.05) is 0 Å². The Morgan fingerprint density at radius 2 is 0.972 bits per heavy atom. The van der Waals surface area contributed by atoms with Gasteiger partial charge in [-0.1, -0.05) is 0 Å². The van der Waals surface area contributed by atoms with Crippen molar-refractivity contribution < 1.29 is 49.2 Å². The highest BCUT2D eigenvalue weighted by Gasteiger charge is 2.19. The van der Waals surface area contributed by atoms with Crippen molar-refractivity contribution in [3.05, 3.63) is 29.8 Å². The van der Waals surface area contributed by atoms with Gasteiger partial charge in [-0.2, -0.15) is 0 Å². The van der Waals surface area contributed by atoms with Gasteiger partial charge >= 0.3 is 23.9 Å². The van der Waals surface area contributed by atoms with Crippen molar-refractivity contribution in [2.45, 2.75) is 6.92 Å². The van der Waals surface area contributed by atoms with Crippen LogP contribution >= 0.6 is 0 Å². The fourth-order valence-electron chi connectivity index (χ4n) is 3.22. The Balaban J connectivity index is 2.91. The summed E-state index contributed by atoms with van der Waals surface area (Å²) in [5.74, 6) is -5.55. The fourth-order valence-corrected chi connectivity index (χ4v) is 3.22. The third-order valence-corrected chi connectivity index (χ3v) is 4.84. The summed E-state index contributed by atoms with van der Waals surface area (Å²) < 4.78 is 0. The number of hydrogen-bond acceptors (Lipinski definition) is 9. The average molecular weight is 511 g/mol. The van der Waals surface area contributed by atoms with Crippen LogP contribution in [0.15, 0.2) is 24.3 Å². The smallest absolute Gasteiger partial charge is 0.317 e. The SMILES string of the molecule is CC(=O)c1ccc(NC(=O)CN(CCN(CC(=O)O)CC(=O)O)CCN(CC(=O)O)CC(=O)O)cc1. The number of carboxylic acid groups (broad SMARTS) is 4. The molecule has 5 N–H and O–H groups in total. The second-order valence-electron chi connectivity index (χ2n) is 7.95. The molecule has 0 fully saturated rings. The van der Waals surface area contributed by atoms with Crippen LogP contribution in [0, 0.1) is 0 Å². The summed E-state index contributed by atoms with van der Waals surface area (Å²) in [6, 6.07) is 6.17. The van der Waals surface area contributed by atoms with E-state index in [0.29, 0.717) is 11.3 Å². The largest absolute Gasteiger partial charge is 0.480 e. The Labute approximate surface area is 206 Å². The molecule has 0 aliphatic carbocycles. The van der Waals surface area contributed by atoms with Crippen molar-refractivity contribution in [1.82, 2.24) is 14.7 Å². The zero-order valence-electron chi connectivity index (χ0n) is 19.8. The van der Waals surface area contributed by atoms with Crippen molar-refractivity contribution in [3.63, 3.8) is 0 Å². The second-order valence-corrected chi connectivity index (χ2v) is 7.95. The third kappa shape index (κ3) is 13.1. The molecule has 0 heterocycles. The van der Waals surface area contributed by atoms with Gasteiger partial charge in [-0.15, -0.1) is 0 Å². The molecule has 0 unspecified atom stereocenters. The highest BCUT2D eigenvalue weighted by Crippen LogP contribution is 2.10. The van der Waals surface area contributed by atoms with Crippen LogP contribution in [0.25, 0.3) is 0 Å². The Bertz CT molecular complexity index is 879. The van der Waals surface area contributed by atoms with Gasteiger partial charge in [-0.3, -0.25) is 43.5 Å². The van der Waals surface area contributed by atoms with Crippen molar-refractivity contribution in [1.29, 1.82) is 0 Å². The molecule has 0 spiro atoms. The maximum absolute atomic E-state index is 12.6. The molecular weight excluding hydrogens is 480 g/mol. The molecule has 36 heavy (non-hydrogen) atoms. The minimum atomic E-state index is -1.23. The van der Waals surface area contributed by atoms with E-state index < -0.39 is 56.0 Å². The number of carboxylic acids is 4. The van der Waals surface area contributed by atoms with Gasteiger partial charge in [-0.25, -0.2) is 0 Å². The normalized spacial score (nSPS) is 11.0. The number of nitrogens with one attached hydrogen (secondary N) is 1. The van der Waals surface area contributed by atoms with Gasteiger partial charge in [0.2, 0.25) is 5.91 Å². The van der Waals surface area contributed by atoms with Crippen LogP contribution in [0.3, 0.4) is 0 Å². The lowest BCUT2D eigenvalue weighted by molar-refractivity contribution is -0.143. The summed E-state index contributed by atoms with van der Waals surface area (Å²) in [6.07, 6.45) is 0. The molecule has 1 amide bonds. The van der Waals surface area contributed by atoms with Gasteiger partial charge in [-0.05, 0) is 31.2 Å². The number of amides is 1. The van der Waals surface area contributed by atoms with Gasteiger partial charge in [0.25, 0.3) is 0 Å². The van der Waals surface area contributed by atoms with Crippen LogP contribution < -0.4 is 5.32 Å². The van der Waals surface area contributed by atoms with Crippen molar-refractivity contribution in [2.75, 3.05) is 64.2 Å². The monoisotopic (exact) mass is 510 g/mol. The van der Waals surface area contributed by atoms with E-state index in [9.17, 15) is 28.8 Å². The lowest BCUT2D eigenvalue weighted by Gasteiger charge is -2.28. The minimum absolute atomic E-state index is 0.0307. The first-order chi connectivity index (χ1) is 16.8. The molecule has 0 radical (unpaired) electrons. The number of anilines is 1. The molecule has 0 aliphatic heterocycles. The Morgan fingerprint density at radius 1 is 0.611 bits per heavy atom. The summed E-state index contributed by atoms with van der Waals surface area (Å²) in [6.45, 7) is -0.960. The van der Waals surface area contributed by atoms with E-state index in [1.54, 1.807) is 24.3 Å². The number of aliphatic carboxylic acids is 4. The van der Waals surface area contributed by atoms with Crippen LogP contribution in [0.4, 0.5) is 5.69 Å². The standard InChI is InChI=1S/C22H30N4O10/c1-15(27)16-2-4-17(5-3-16)23-18(28)10-24(6-8-25(11-19(29)30)12-20(31)32)7-9-26(13-21(33)34)14-22(35)36/h2-5H,6-14H2,1H3,(H,23,28)(H,29,30)(H,31,32)(H,33,34)(H,35,36). The number of ketones is 1. The lowest BCUT2D eigenvalue weighted by Crippen LogP contribution is -2.46. The van der Waals surface area contributed by atoms with Gasteiger partial charge in [0, 0.05) is 37.4 Å². The quantitative estimate of drug-likeness (QED) is 0.152. The number of benzene rings is 1. The summed E-state index contributed by atoms with van der Waals surface area (Å²) in [5, 5.41) is 38.7. The number of nitrogens with zero attached hydrogens (tertiary/aromatic N) is 3. The third-order valence-electron chi connectivity index (χ3n) is 4.84. The molecule has 0 saturated carbocycles. The number of hydrogen-bond donors (Lipinski definition) is 5. The molecule has 14 nitrogen and oxygen atoms in total. The summed E-state index contributed by atoms with van der Waals surface area (Å²) in [4.78, 5) is 72.1. The first kappa shape index (κ1) is 30.2. The molecule has 0 bridgehead atoms. The molecular formula is C22H30N4O10. The van der Waals surface area contributed by atoms with E-state index >= 15 is 0 Å². The minimum Gasteiger partial charge on any atom is -0.480 e. The van der Waals surface area contributed by atoms with Crippen LogP contribution in [-0.4, -0.2) is 130 Å². The Hall–Kier alpha value is -3.88. The molecule has 0 aliphatic rings. The molecule has 1 aromatic carbocycles. The molecule has 0 aromatic heterocycles. The molecule has 0 saturated heterocycles. The van der Waals surface area contributed by atoms with E-state index in [4.69, 9.17) is 20.4 Å². The highest BCUT2D eigenvalue weighted by atomic mass is 16.4. The predicted octanol–water partition coefficient (Wildman–Crippen LogP) is -0.928. The first-order valence-electron chi connectivity index (χ1n) is 10.8. The van der Waals surface area contributed by atoms with E-state index in [0.717, 1.165) is 9.80 Å². The second kappa shape index (κ2) is 15.2. The topological polar surface area (TPSA) is 205 Å². The van der Waals surface area contributed by atoms with Crippen molar-refractivity contribution >= 4 is 41.3 Å². The van der Waals surface area contributed by atoms with E-state index in [2.05, 4.69) is 5.32 Å². The van der Waals surface area contributed by atoms with Crippen LogP contribution in [0.1, 0.15) is 17.3 Å². The zero-order chi connectivity index (χ0) is 27.3. The first-order valence-corrected chi connectivity index (χ1v) is 10.8. The Morgan fingerprint density at radius 3 is 1.31 bits per heavy atom. The maximum atomic E-state index is 12.6. The molecule has 1 aromatic rings. The summed E-state index contributed by atoms with van der Waals surface area (Å²) >= 11 is 0. The summed E-state index contributed by atoms with van der Waals surface area (Å²) in [5.41, 5.74) is 0.880. The Kier molecular flexibility index (Phi) is 12.7. The van der Waals surface area contributed by atoms with Crippen molar-refractivity contribution in [2.24, 2.45) is 0 Å². The van der Waals surface area contributed by atoms with E-state index in [1.165, 1.54) is 11.8 Å². The average Bonchev–Trinajstić information content (AvgIpc) is 2.74. The maximum Gasteiger partial charge on any atom is 0.317 e. The summed E-state index contributed by atoms with van der Waals surface area (Å²) in [7, 11) is 0. The van der Waals surface area contributed by atoms with Crippen molar-refractivity contribution in [3.8, 4) is 0 Å². The van der Waals surface area contributed by atoms with Gasteiger partial charge in [0.1, 0.15) is 0 Å². The van der Waals surface area contributed by atoms with Gasteiger partial charge < -0.3 is 25.7 Å². The number of Topliss-reactive ketones (excluding diaryl/α,β-unsaturated/α-hetero) is 1. The molecule has 1 rings (SSSR count). The zero-order valence-corrected chi connectivity index (χ0v) is 19.8. The van der Waals surface area contributed by atoms with Gasteiger partial charge in [0.05, 0.1) is 32.7 Å². The van der Waals surface area contributed by atoms with Crippen LogP contribution in [0.5, 0.6) is 0 Å². The number of rotatable bonds is 18. The lowest BCUT2D eigenvalue weighted by atomic mass is 10.1. The molecule has 198 valence electrons. The van der Waals surface area contributed by atoms with Gasteiger partial charge in [0.15, 0.2) is 5.78 Å². The van der Waals surface area contributed by atoms with Crippen LogP contribution in [0.2, 0.25) is 0 Å². The number of carbonyl (C=O) groups excluding carboxylic acids is 2. The molecule has 0 atom stereocenters. The van der Waals surface area contributed by atoms with E-state index in [-0.39, 0.29) is 38.5 Å². The van der Waals surface area contributed by atoms with Crippen LogP contribution in [-0.2, 0) is 24.0 Å². The fraction of sp³-hybridized carbons (Fsp3) is 0.455.